The quantitative estimate of drug-likeness (QED) is 0.691. The first-order valence-electron chi connectivity index (χ1n) is 10.6. The summed E-state index contributed by atoms with van der Waals surface area (Å²) in [6.07, 6.45) is 7.66. The smallest absolute Gasteiger partial charge is 0.256 e. The molecule has 1 aromatic carbocycles. The highest BCUT2D eigenvalue weighted by molar-refractivity contribution is 7.89. The number of carbonyl (C=O) groups is 1. The Morgan fingerprint density at radius 2 is 1.90 bits per heavy atom. The predicted molar refractivity (Wildman–Crippen MR) is 121 cm³/mol. The molecule has 0 radical (unpaired) electrons. The molecule has 0 bridgehead atoms. The summed E-state index contributed by atoms with van der Waals surface area (Å²) in [4.78, 5) is 17.4. The van der Waals surface area contributed by atoms with Crippen molar-refractivity contribution in [3.63, 3.8) is 0 Å². The predicted octanol–water partition coefficient (Wildman–Crippen LogP) is 4.16. The van der Waals surface area contributed by atoms with Gasteiger partial charge in [0.15, 0.2) is 11.6 Å². The van der Waals surface area contributed by atoms with Crippen molar-refractivity contribution in [3.8, 4) is 5.75 Å². The summed E-state index contributed by atoms with van der Waals surface area (Å²) >= 11 is 0. The molecule has 7 nitrogen and oxygen atoms in total. The van der Waals surface area contributed by atoms with Gasteiger partial charge in [0.05, 0.1) is 11.5 Å². The summed E-state index contributed by atoms with van der Waals surface area (Å²) in [6.45, 7) is 4.13. The van der Waals surface area contributed by atoms with Crippen LogP contribution in [-0.4, -0.2) is 44.3 Å². The van der Waals surface area contributed by atoms with E-state index >= 15 is 0 Å². The SMILES string of the molecule is Cc1cc(C(=O)Nc2ncccc2OCC2CCCCC2)cc(S(=O)(=O)N(C)C)c1C. The number of aryl methyl sites for hydroxylation is 1. The third-order valence-corrected chi connectivity index (χ3v) is 7.78. The summed E-state index contributed by atoms with van der Waals surface area (Å²) in [5, 5.41) is 2.79. The highest BCUT2D eigenvalue weighted by atomic mass is 32.2. The topological polar surface area (TPSA) is 88.6 Å². The highest BCUT2D eigenvalue weighted by Crippen LogP contribution is 2.28. The molecule has 8 heteroatoms. The number of hydrogen-bond donors (Lipinski definition) is 1. The lowest BCUT2D eigenvalue weighted by atomic mass is 9.90. The van der Waals surface area contributed by atoms with Crippen LogP contribution in [0.15, 0.2) is 35.4 Å². The van der Waals surface area contributed by atoms with Crippen molar-refractivity contribution < 1.29 is 17.9 Å². The Labute approximate surface area is 184 Å². The summed E-state index contributed by atoms with van der Waals surface area (Å²) in [7, 11) is -0.729. The molecule has 1 saturated carbocycles. The van der Waals surface area contributed by atoms with Crippen LogP contribution in [0.2, 0.25) is 0 Å². The molecule has 2 aromatic rings. The summed E-state index contributed by atoms with van der Waals surface area (Å²) < 4.78 is 32.5. The van der Waals surface area contributed by atoms with Crippen molar-refractivity contribution in [2.75, 3.05) is 26.0 Å². The van der Waals surface area contributed by atoms with Crippen molar-refractivity contribution in [2.45, 2.75) is 50.8 Å². The fourth-order valence-corrected chi connectivity index (χ4v) is 4.98. The first kappa shape index (κ1) is 23.2. The second kappa shape index (κ2) is 9.78. The first-order chi connectivity index (χ1) is 14.7. The minimum atomic E-state index is -3.68. The lowest BCUT2D eigenvalue weighted by Crippen LogP contribution is -2.24. The fourth-order valence-electron chi connectivity index (χ4n) is 3.76. The van der Waals surface area contributed by atoms with Crippen LogP contribution < -0.4 is 10.1 Å². The van der Waals surface area contributed by atoms with Gasteiger partial charge in [0.2, 0.25) is 10.0 Å². The molecule has 0 atom stereocenters. The maximum absolute atomic E-state index is 13.0. The molecule has 1 aliphatic carbocycles. The Kier molecular flexibility index (Phi) is 7.33. The normalized spacial score (nSPS) is 15.1. The van der Waals surface area contributed by atoms with Crippen LogP contribution in [0.4, 0.5) is 5.82 Å². The summed E-state index contributed by atoms with van der Waals surface area (Å²) in [6, 6.07) is 6.65. The van der Waals surface area contributed by atoms with Crippen LogP contribution >= 0.6 is 0 Å². The molecular weight excluding hydrogens is 414 g/mol. The van der Waals surface area contributed by atoms with Gasteiger partial charge in [0, 0.05) is 25.9 Å². The largest absolute Gasteiger partial charge is 0.489 e. The van der Waals surface area contributed by atoms with E-state index in [1.165, 1.54) is 39.4 Å². The van der Waals surface area contributed by atoms with E-state index in [-0.39, 0.29) is 10.5 Å². The Balaban J connectivity index is 1.81. The zero-order valence-corrected chi connectivity index (χ0v) is 19.5. The van der Waals surface area contributed by atoms with Crippen molar-refractivity contribution in [1.82, 2.24) is 9.29 Å². The van der Waals surface area contributed by atoms with Crippen LogP contribution in [0.5, 0.6) is 5.75 Å². The number of anilines is 1. The van der Waals surface area contributed by atoms with Crippen LogP contribution in [0.3, 0.4) is 0 Å². The molecule has 0 spiro atoms. The minimum Gasteiger partial charge on any atom is -0.489 e. The van der Waals surface area contributed by atoms with Gasteiger partial charge in [-0.2, -0.15) is 0 Å². The van der Waals surface area contributed by atoms with Crippen LogP contribution in [-0.2, 0) is 10.0 Å². The van der Waals surface area contributed by atoms with Crippen molar-refractivity contribution in [3.05, 3.63) is 47.2 Å². The van der Waals surface area contributed by atoms with Crippen LogP contribution in [0.25, 0.3) is 0 Å². The molecule has 1 heterocycles. The first-order valence-corrected chi connectivity index (χ1v) is 12.1. The van der Waals surface area contributed by atoms with Gasteiger partial charge in [-0.15, -0.1) is 0 Å². The standard InChI is InChI=1S/C23H31N3O4S/c1-16-13-19(14-21(17(16)2)31(28,29)26(3)4)23(27)25-22-20(11-8-12-24-22)30-15-18-9-6-5-7-10-18/h8,11-14,18H,5-7,9-10,15H2,1-4H3,(H,24,25,27). The highest BCUT2D eigenvalue weighted by Gasteiger charge is 2.23. The Bertz CT molecular complexity index is 1040. The molecule has 1 amide bonds. The van der Waals surface area contributed by atoms with Gasteiger partial charge in [-0.1, -0.05) is 19.3 Å². The van der Waals surface area contributed by atoms with Crippen LogP contribution in [0.1, 0.15) is 53.6 Å². The molecule has 3 rings (SSSR count). The molecule has 31 heavy (non-hydrogen) atoms. The number of pyridine rings is 1. The molecule has 0 aliphatic heterocycles. The zero-order valence-electron chi connectivity index (χ0n) is 18.6. The Hall–Kier alpha value is -2.45. The lowest BCUT2D eigenvalue weighted by molar-refractivity contribution is 0.102. The lowest BCUT2D eigenvalue weighted by Gasteiger charge is -2.22. The number of rotatable bonds is 7. The van der Waals surface area contributed by atoms with Gasteiger partial charge in [-0.05, 0) is 68.0 Å². The number of sulfonamides is 1. The van der Waals surface area contributed by atoms with E-state index in [0.717, 1.165) is 22.7 Å². The molecule has 1 aromatic heterocycles. The Morgan fingerprint density at radius 1 is 1.19 bits per heavy atom. The monoisotopic (exact) mass is 445 g/mol. The Morgan fingerprint density at radius 3 is 2.58 bits per heavy atom. The van der Waals surface area contributed by atoms with Gasteiger partial charge in [-0.25, -0.2) is 17.7 Å². The van der Waals surface area contributed by atoms with Gasteiger partial charge in [0.25, 0.3) is 5.91 Å². The van der Waals surface area contributed by atoms with E-state index in [4.69, 9.17) is 4.74 Å². The van der Waals surface area contributed by atoms with E-state index in [1.807, 2.05) is 0 Å². The third kappa shape index (κ3) is 5.43. The van der Waals surface area contributed by atoms with Gasteiger partial charge >= 0.3 is 0 Å². The summed E-state index contributed by atoms with van der Waals surface area (Å²) in [5.41, 5.74) is 1.61. The maximum Gasteiger partial charge on any atom is 0.256 e. The maximum atomic E-state index is 13.0. The third-order valence-electron chi connectivity index (χ3n) is 5.84. The van der Waals surface area contributed by atoms with Gasteiger partial charge in [0.1, 0.15) is 0 Å². The van der Waals surface area contributed by atoms with E-state index in [9.17, 15) is 13.2 Å². The van der Waals surface area contributed by atoms with E-state index in [2.05, 4.69) is 10.3 Å². The number of carbonyl (C=O) groups excluding carboxylic acids is 1. The number of hydrogen-bond acceptors (Lipinski definition) is 5. The second-order valence-corrected chi connectivity index (χ2v) is 10.4. The van der Waals surface area contributed by atoms with Crippen molar-refractivity contribution >= 4 is 21.7 Å². The molecule has 168 valence electrons. The number of nitrogens with one attached hydrogen (secondary N) is 1. The number of nitrogens with zero attached hydrogens (tertiary/aromatic N) is 2. The number of amides is 1. The molecule has 1 fully saturated rings. The van der Waals surface area contributed by atoms with Gasteiger partial charge < -0.3 is 10.1 Å². The molecule has 1 aliphatic rings. The minimum absolute atomic E-state index is 0.123. The van der Waals surface area contributed by atoms with E-state index in [0.29, 0.717) is 29.7 Å². The van der Waals surface area contributed by atoms with Crippen molar-refractivity contribution in [1.29, 1.82) is 0 Å². The molecular formula is C23H31N3O4S. The van der Waals surface area contributed by atoms with Crippen LogP contribution in [0, 0.1) is 19.8 Å². The summed E-state index contributed by atoms with van der Waals surface area (Å²) in [5.74, 6) is 0.945. The van der Waals surface area contributed by atoms with Gasteiger partial charge in [-0.3, -0.25) is 4.79 Å². The number of benzene rings is 1. The number of aromatic nitrogens is 1. The van der Waals surface area contributed by atoms with Crippen molar-refractivity contribution in [2.24, 2.45) is 5.92 Å². The molecule has 0 unspecified atom stereocenters. The zero-order chi connectivity index (χ0) is 22.6. The second-order valence-electron chi connectivity index (χ2n) is 8.32. The molecule has 1 N–H and O–H groups in total. The molecule has 0 saturated heterocycles. The average molecular weight is 446 g/mol. The number of ether oxygens (including phenoxy) is 1. The van der Waals surface area contributed by atoms with E-state index in [1.54, 1.807) is 38.2 Å². The average Bonchev–Trinajstić information content (AvgIpc) is 2.75. The van der Waals surface area contributed by atoms with E-state index < -0.39 is 15.9 Å². The fraction of sp³-hybridized carbons (Fsp3) is 0.478.